The predicted octanol–water partition coefficient (Wildman–Crippen LogP) is 2.96. The summed E-state index contributed by atoms with van der Waals surface area (Å²) in [5, 5.41) is 3.66. The lowest BCUT2D eigenvalue weighted by molar-refractivity contribution is 0.466. The van der Waals surface area contributed by atoms with E-state index >= 15 is 0 Å². The molecule has 2 rings (SSSR count). The zero-order valence-electron chi connectivity index (χ0n) is 9.99. The molecule has 1 aliphatic heterocycles. The van der Waals surface area contributed by atoms with Crippen molar-refractivity contribution in [2.75, 3.05) is 18.1 Å². The van der Waals surface area contributed by atoms with Crippen LogP contribution in [0.15, 0.2) is 30.3 Å². The van der Waals surface area contributed by atoms with Crippen LogP contribution in [0.2, 0.25) is 0 Å². The van der Waals surface area contributed by atoms with E-state index in [0.29, 0.717) is 6.04 Å². The second-order valence-electron chi connectivity index (χ2n) is 4.73. The van der Waals surface area contributed by atoms with E-state index in [4.69, 9.17) is 0 Å². The highest BCUT2D eigenvalue weighted by molar-refractivity contribution is 7.99. The Balaban J connectivity index is 1.69. The van der Waals surface area contributed by atoms with Gasteiger partial charge in [0.25, 0.3) is 0 Å². The van der Waals surface area contributed by atoms with Gasteiger partial charge in [-0.3, -0.25) is 0 Å². The molecule has 0 bridgehead atoms. The van der Waals surface area contributed by atoms with Crippen LogP contribution in [0.3, 0.4) is 0 Å². The zero-order chi connectivity index (χ0) is 11.2. The van der Waals surface area contributed by atoms with Crippen LogP contribution >= 0.6 is 11.8 Å². The summed E-state index contributed by atoms with van der Waals surface area (Å²) in [6.45, 7) is 3.48. The van der Waals surface area contributed by atoms with Gasteiger partial charge in [0.1, 0.15) is 0 Å². The lowest BCUT2D eigenvalue weighted by Crippen LogP contribution is -2.32. The van der Waals surface area contributed by atoms with Crippen molar-refractivity contribution >= 4 is 11.8 Å². The molecule has 0 aliphatic carbocycles. The Morgan fingerprint density at radius 3 is 2.88 bits per heavy atom. The van der Waals surface area contributed by atoms with E-state index in [1.165, 1.54) is 30.0 Å². The van der Waals surface area contributed by atoms with Gasteiger partial charge >= 0.3 is 0 Å². The maximum Gasteiger partial charge on any atom is 0.00792 e. The third-order valence-corrected chi connectivity index (χ3v) is 4.40. The van der Waals surface area contributed by atoms with Crippen molar-refractivity contribution < 1.29 is 0 Å². The number of thioether (sulfide) groups is 1. The molecular formula is C14H21NS. The van der Waals surface area contributed by atoms with Crippen LogP contribution in [0.4, 0.5) is 0 Å². The molecule has 16 heavy (non-hydrogen) atoms. The molecule has 2 atom stereocenters. The van der Waals surface area contributed by atoms with Crippen molar-refractivity contribution in [1.29, 1.82) is 0 Å². The van der Waals surface area contributed by atoms with Crippen LogP contribution in [0.1, 0.15) is 18.9 Å². The fourth-order valence-corrected chi connectivity index (χ4v) is 3.44. The molecule has 1 saturated heterocycles. The quantitative estimate of drug-likeness (QED) is 0.842. The molecule has 0 spiro atoms. The molecule has 1 nitrogen and oxygen atoms in total. The number of benzene rings is 1. The average molecular weight is 235 g/mol. The molecule has 1 aromatic rings. The van der Waals surface area contributed by atoms with Gasteiger partial charge in [0.05, 0.1) is 0 Å². The number of nitrogens with one attached hydrogen (secondary N) is 1. The van der Waals surface area contributed by atoms with E-state index in [0.717, 1.165) is 12.3 Å². The Kier molecular flexibility index (Phi) is 4.73. The topological polar surface area (TPSA) is 12.0 Å². The first-order valence-electron chi connectivity index (χ1n) is 6.19. The minimum absolute atomic E-state index is 0.591. The van der Waals surface area contributed by atoms with E-state index in [1.54, 1.807) is 0 Å². The van der Waals surface area contributed by atoms with Gasteiger partial charge in [-0.25, -0.2) is 0 Å². The molecule has 1 aliphatic rings. The standard InChI is InChI=1S/C14H21NS/c1-12(9-13-5-3-2-4-6-13)15-10-14-7-8-16-11-14/h2-6,12,14-15H,7-11H2,1H3. The SMILES string of the molecule is CC(Cc1ccccc1)NCC1CCSC1. The molecule has 0 saturated carbocycles. The Bertz CT molecular complexity index is 293. The van der Waals surface area contributed by atoms with Crippen LogP contribution in [0.5, 0.6) is 0 Å². The summed E-state index contributed by atoms with van der Waals surface area (Å²) in [7, 11) is 0. The molecule has 1 aromatic carbocycles. The van der Waals surface area contributed by atoms with Crippen molar-refractivity contribution in [2.24, 2.45) is 5.92 Å². The van der Waals surface area contributed by atoms with Crippen molar-refractivity contribution in [3.8, 4) is 0 Å². The van der Waals surface area contributed by atoms with Gasteiger partial charge in [-0.1, -0.05) is 30.3 Å². The molecule has 0 amide bonds. The van der Waals surface area contributed by atoms with Crippen LogP contribution in [0.25, 0.3) is 0 Å². The minimum atomic E-state index is 0.591. The van der Waals surface area contributed by atoms with Gasteiger partial charge in [0.2, 0.25) is 0 Å². The van der Waals surface area contributed by atoms with Crippen molar-refractivity contribution in [2.45, 2.75) is 25.8 Å². The molecule has 1 fully saturated rings. The molecule has 1 heterocycles. The molecule has 0 radical (unpaired) electrons. The predicted molar refractivity (Wildman–Crippen MR) is 73.0 cm³/mol. The van der Waals surface area contributed by atoms with Gasteiger partial charge in [-0.2, -0.15) is 11.8 Å². The lowest BCUT2D eigenvalue weighted by Gasteiger charge is -2.16. The highest BCUT2D eigenvalue weighted by atomic mass is 32.2. The van der Waals surface area contributed by atoms with Gasteiger partial charge < -0.3 is 5.32 Å². The Morgan fingerprint density at radius 2 is 2.19 bits per heavy atom. The lowest BCUT2D eigenvalue weighted by atomic mass is 10.1. The smallest absolute Gasteiger partial charge is 0.00792 e. The van der Waals surface area contributed by atoms with Gasteiger partial charge in [-0.15, -0.1) is 0 Å². The third-order valence-electron chi connectivity index (χ3n) is 3.16. The van der Waals surface area contributed by atoms with Crippen molar-refractivity contribution in [3.05, 3.63) is 35.9 Å². The Labute approximate surface area is 103 Å². The average Bonchev–Trinajstić information content (AvgIpc) is 2.81. The largest absolute Gasteiger partial charge is 0.314 e. The van der Waals surface area contributed by atoms with E-state index < -0.39 is 0 Å². The highest BCUT2D eigenvalue weighted by Crippen LogP contribution is 2.22. The maximum absolute atomic E-state index is 3.66. The summed E-state index contributed by atoms with van der Waals surface area (Å²) < 4.78 is 0. The highest BCUT2D eigenvalue weighted by Gasteiger charge is 2.15. The Morgan fingerprint density at radius 1 is 1.38 bits per heavy atom. The fourth-order valence-electron chi connectivity index (χ4n) is 2.15. The van der Waals surface area contributed by atoms with Gasteiger partial charge in [0, 0.05) is 6.04 Å². The van der Waals surface area contributed by atoms with Crippen LogP contribution in [-0.4, -0.2) is 24.1 Å². The van der Waals surface area contributed by atoms with Crippen LogP contribution in [0, 0.1) is 5.92 Å². The van der Waals surface area contributed by atoms with E-state index in [1.807, 2.05) is 0 Å². The first-order valence-corrected chi connectivity index (χ1v) is 7.35. The normalized spacial score (nSPS) is 22.2. The second kappa shape index (κ2) is 6.31. The fraction of sp³-hybridized carbons (Fsp3) is 0.571. The van der Waals surface area contributed by atoms with Gasteiger partial charge in [-0.05, 0) is 49.3 Å². The maximum atomic E-state index is 3.66. The second-order valence-corrected chi connectivity index (χ2v) is 5.88. The molecule has 1 N–H and O–H groups in total. The molecule has 0 aromatic heterocycles. The Hall–Kier alpha value is -0.470. The zero-order valence-corrected chi connectivity index (χ0v) is 10.8. The van der Waals surface area contributed by atoms with E-state index in [2.05, 4.69) is 54.3 Å². The van der Waals surface area contributed by atoms with Gasteiger partial charge in [0.15, 0.2) is 0 Å². The van der Waals surface area contributed by atoms with E-state index in [-0.39, 0.29) is 0 Å². The van der Waals surface area contributed by atoms with Crippen LogP contribution in [-0.2, 0) is 6.42 Å². The summed E-state index contributed by atoms with van der Waals surface area (Å²) in [6.07, 6.45) is 2.54. The summed E-state index contributed by atoms with van der Waals surface area (Å²) in [6, 6.07) is 11.3. The number of rotatable bonds is 5. The van der Waals surface area contributed by atoms with Crippen molar-refractivity contribution in [1.82, 2.24) is 5.32 Å². The summed E-state index contributed by atoms with van der Waals surface area (Å²) in [5.41, 5.74) is 1.43. The first-order chi connectivity index (χ1) is 7.84. The number of hydrogen-bond acceptors (Lipinski definition) is 2. The summed E-state index contributed by atoms with van der Waals surface area (Å²) in [5.74, 6) is 3.62. The summed E-state index contributed by atoms with van der Waals surface area (Å²) in [4.78, 5) is 0. The monoisotopic (exact) mass is 235 g/mol. The molecule has 2 heteroatoms. The molecule has 88 valence electrons. The van der Waals surface area contributed by atoms with Crippen molar-refractivity contribution in [3.63, 3.8) is 0 Å². The molecule has 2 unspecified atom stereocenters. The minimum Gasteiger partial charge on any atom is -0.314 e. The number of hydrogen-bond donors (Lipinski definition) is 1. The first kappa shape index (κ1) is 12.0. The van der Waals surface area contributed by atoms with E-state index in [9.17, 15) is 0 Å². The third kappa shape index (κ3) is 3.84. The summed E-state index contributed by atoms with van der Waals surface area (Å²) >= 11 is 2.10. The molecular weight excluding hydrogens is 214 g/mol. The van der Waals surface area contributed by atoms with Crippen LogP contribution < -0.4 is 5.32 Å².